The number of hydrogen-bond donors (Lipinski definition) is 1. The van der Waals surface area contributed by atoms with Crippen LogP contribution in [0.2, 0.25) is 0 Å². The smallest absolute Gasteiger partial charge is 0.132 e. The van der Waals surface area contributed by atoms with Crippen LogP contribution in [0.4, 0.5) is 4.39 Å². The van der Waals surface area contributed by atoms with Gasteiger partial charge in [-0.1, -0.05) is 18.6 Å². The van der Waals surface area contributed by atoms with Crippen LogP contribution in [0.3, 0.4) is 0 Å². The van der Waals surface area contributed by atoms with Crippen molar-refractivity contribution in [2.45, 2.75) is 45.2 Å². The fraction of sp³-hybridized carbons (Fsp3) is 0.429. The number of fused-ring (bicyclic) bond motifs is 1. The van der Waals surface area contributed by atoms with Gasteiger partial charge in [0.15, 0.2) is 0 Å². The molecule has 6 heteroatoms. The molecule has 0 spiro atoms. The van der Waals surface area contributed by atoms with E-state index in [1.54, 1.807) is 16.8 Å². The second-order valence-electron chi connectivity index (χ2n) is 7.52. The average molecular weight is 367 g/mol. The van der Waals surface area contributed by atoms with Gasteiger partial charge >= 0.3 is 0 Å². The molecule has 1 N–H and O–H groups in total. The van der Waals surface area contributed by atoms with E-state index in [2.05, 4.69) is 27.2 Å². The summed E-state index contributed by atoms with van der Waals surface area (Å²) in [5, 5.41) is 12.3. The third-order valence-electron chi connectivity index (χ3n) is 5.29. The van der Waals surface area contributed by atoms with E-state index in [4.69, 9.17) is 0 Å². The number of aromatic amines is 1. The van der Waals surface area contributed by atoms with E-state index in [9.17, 15) is 4.39 Å². The number of rotatable bonds is 5. The van der Waals surface area contributed by atoms with Gasteiger partial charge in [-0.25, -0.2) is 4.39 Å². The van der Waals surface area contributed by atoms with Gasteiger partial charge in [0.1, 0.15) is 5.82 Å². The maximum Gasteiger partial charge on any atom is 0.132 e. The first-order valence-corrected chi connectivity index (χ1v) is 9.63. The van der Waals surface area contributed by atoms with Crippen LogP contribution in [-0.4, -0.2) is 31.9 Å². The van der Waals surface area contributed by atoms with Crippen molar-refractivity contribution in [2.75, 3.05) is 7.05 Å². The largest absolute Gasteiger partial charge is 0.296 e. The molecule has 142 valence electrons. The van der Waals surface area contributed by atoms with Crippen LogP contribution in [0, 0.1) is 5.82 Å². The summed E-state index contributed by atoms with van der Waals surface area (Å²) >= 11 is 0. The van der Waals surface area contributed by atoms with E-state index in [1.807, 2.05) is 19.3 Å². The van der Waals surface area contributed by atoms with Crippen LogP contribution in [0.5, 0.6) is 0 Å². The SMILES string of the molecule is CN(Cc1cn(C)nc1-c1ccccc1F)Cc1n[nH]c2c1CCCCC2. The lowest BCUT2D eigenvalue weighted by atomic mass is 10.1. The lowest BCUT2D eigenvalue weighted by Crippen LogP contribution is -2.18. The summed E-state index contributed by atoms with van der Waals surface area (Å²) in [5.74, 6) is -0.238. The molecule has 27 heavy (non-hydrogen) atoms. The number of halogens is 1. The van der Waals surface area contributed by atoms with E-state index < -0.39 is 0 Å². The van der Waals surface area contributed by atoms with Gasteiger partial charge in [0.25, 0.3) is 0 Å². The first-order chi connectivity index (χ1) is 13.1. The van der Waals surface area contributed by atoms with Crippen molar-refractivity contribution in [3.63, 3.8) is 0 Å². The third-order valence-corrected chi connectivity index (χ3v) is 5.29. The molecule has 1 aliphatic carbocycles. The number of nitrogens with zero attached hydrogens (tertiary/aromatic N) is 4. The van der Waals surface area contributed by atoms with Gasteiger partial charge in [-0.05, 0) is 50.4 Å². The minimum atomic E-state index is -0.238. The number of nitrogens with one attached hydrogen (secondary N) is 1. The summed E-state index contributed by atoms with van der Waals surface area (Å²) in [4.78, 5) is 2.22. The molecule has 0 radical (unpaired) electrons. The maximum absolute atomic E-state index is 14.3. The number of hydrogen-bond acceptors (Lipinski definition) is 3. The molecule has 0 fully saturated rings. The van der Waals surface area contributed by atoms with Crippen molar-refractivity contribution < 1.29 is 4.39 Å². The normalized spacial score (nSPS) is 14.4. The molecule has 0 bridgehead atoms. The van der Waals surface area contributed by atoms with Crippen LogP contribution < -0.4 is 0 Å². The number of aromatic nitrogens is 4. The Balaban J connectivity index is 1.54. The average Bonchev–Trinajstić information content (AvgIpc) is 3.09. The zero-order chi connectivity index (χ0) is 18.8. The molecule has 0 saturated carbocycles. The Morgan fingerprint density at radius 1 is 1.15 bits per heavy atom. The summed E-state index contributed by atoms with van der Waals surface area (Å²) < 4.78 is 16.0. The van der Waals surface area contributed by atoms with E-state index >= 15 is 0 Å². The number of H-pyrrole nitrogens is 1. The van der Waals surface area contributed by atoms with Gasteiger partial charge in [-0.3, -0.25) is 14.7 Å². The van der Waals surface area contributed by atoms with Crippen molar-refractivity contribution in [3.05, 3.63) is 58.8 Å². The molecule has 1 aliphatic rings. The molecule has 2 aromatic heterocycles. The fourth-order valence-electron chi connectivity index (χ4n) is 3.99. The van der Waals surface area contributed by atoms with Gasteiger partial charge in [0.05, 0.1) is 11.4 Å². The molecule has 0 amide bonds. The topological polar surface area (TPSA) is 49.7 Å². The highest BCUT2D eigenvalue weighted by Gasteiger charge is 2.19. The van der Waals surface area contributed by atoms with Crippen LogP contribution >= 0.6 is 0 Å². The maximum atomic E-state index is 14.3. The molecule has 0 saturated heterocycles. The van der Waals surface area contributed by atoms with Crippen molar-refractivity contribution in [1.29, 1.82) is 0 Å². The zero-order valence-electron chi connectivity index (χ0n) is 16.0. The van der Waals surface area contributed by atoms with E-state index in [1.165, 1.54) is 36.6 Å². The highest BCUT2D eigenvalue weighted by atomic mass is 19.1. The predicted molar refractivity (Wildman–Crippen MR) is 104 cm³/mol. The Labute approximate surface area is 159 Å². The Bertz CT molecular complexity index is 927. The molecule has 4 rings (SSSR count). The van der Waals surface area contributed by atoms with E-state index in [0.717, 1.165) is 30.6 Å². The third kappa shape index (κ3) is 3.81. The molecule has 5 nitrogen and oxygen atoms in total. The molecule has 1 aromatic carbocycles. The zero-order valence-corrected chi connectivity index (χ0v) is 16.0. The predicted octanol–water partition coefficient (Wildman–Crippen LogP) is 3.85. The Hall–Kier alpha value is -2.47. The van der Waals surface area contributed by atoms with Crippen LogP contribution in [0.25, 0.3) is 11.3 Å². The van der Waals surface area contributed by atoms with E-state index in [0.29, 0.717) is 17.8 Å². The summed E-state index contributed by atoms with van der Waals surface area (Å²) in [5.41, 5.74) is 6.14. The van der Waals surface area contributed by atoms with Gasteiger partial charge in [-0.15, -0.1) is 0 Å². The minimum absolute atomic E-state index is 0.238. The van der Waals surface area contributed by atoms with Gasteiger partial charge in [-0.2, -0.15) is 10.2 Å². The Kier molecular flexibility index (Phi) is 5.07. The summed E-state index contributed by atoms with van der Waals surface area (Å²) in [6.45, 7) is 1.47. The standard InChI is InChI=1S/C21H26FN5/c1-26(14-20-17-9-4-3-5-11-19(17)23-24-20)12-15-13-27(2)25-21(15)16-8-6-7-10-18(16)22/h6-8,10,13H,3-5,9,11-12,14H2,1-2H3,(H,23,24). The van der Waals surface area contributed by atoms with Crippen LogP contribution in [-0.2, 0) is 33.0 Å². The van der Waals surface area contributed by atoms with Crippen LogP contribution in [0.15, 0.2) is 30.5 Å². The Morgan fingerprint density at radius 3 is 2.81 bits per heavy atom. The van der Waals surface area contributed by atoms with Crippen molar-refractivity contribution in [1.82, 2.24) is 24.9 Å². The second-order valence-corrected chi connectivity index (χ2v) is 7.52. The quantitative estimate of drug-likeness (QED) is 0.697. The minimum Gasteiger partial charge on any atom is -0.296 e. The molecule has 0 atom stereocenters. The monoisotopic (exact) mass is 367 g/mol. The first kappa shape index (κ1) is 17.9. The molecular weight excluding hydrogens is 341 g/mol. The van der Waals surface area contributed by atoms with Crippen LogP contribution in [0.1, 0.15) is 41.8 Å². The molecule has 2 heterocycles. The first-order valence-electron chi connectivity index (χ1n) is 9.63. The summed E-state index contributed by atoms with van der Waals surface area (Å²) in [6, 6.07) is 6.82. The molecular formula is C21H26FN5. The van der Waals surface area contributed by atoms with Crippen molar-refractivity contribution in [2.24, 2.45) is 7.05 Å². The lowest BCUT2D eigenvalue weighted by Gasteiger charge is -2.16. The Morgan fingerprint density at radius 2 is 1.96 bits per heavy atom. The second kappa shape index (κ2) is 7.64. The number of aryl methyl sites for hydroxylation is 2. The molecule has 0 aliphatic heterocycles. The number of benzene rings is 1. The highest BCUT2D eigenvalue weighted by Crippen LogP contribution is 2.27. The van der Waals surface area contributed by atoms with Crippen molar-refractivity contribution >= 4 is 0 Å². The van der Waals surface area contributed by atoms with Gasteiger partial charge < -0.3 is 0 Å². The molecule has 3 aromatic rings. The van der Waals surface area contributed by atoms with E-state index in [-0.39, 0.29) is 5.82 Å². The highest BCUT2D eigenvalue weighted by molar-refractivity contribution is 5.63. The summed E-state index contributed by atoms with van der Waals surface area (Å²) in [6.07, 6.45) is 7.96. The lowest BCUT2D eigenvalue weighted by molar-refractivity contribution is 0.314. The van der Waals surface area contributed by atoms with Crippen molar-refractivity contribution in [3.8, 4) is 11.3 Å². The summed E-state index contributed by atoms with van der Waals surface area (Å²) in [7, 11) is 3.96. The fourth-order valence-corrected chi connectivity index (χ4v) is 3.99. The molecule has 0 unspecified atom stereocenters. The van der Waals surface area contributed by atoms with Gasteiger partial charge in [0.2, 0.25) is 0 Å². The van der Waals surface area contributed by atoms with Gasteiger partial charge in [0, 0.05) is 43.2 Å².